The first kappa shape index (κ1) is 42.4. The Hall–Kier alpha value is -9.50. The number of fused-ring (bicyclic) bond motifs is 7. The van der Waals surface area contributed by atoms with E-state index in [1.54, 1.807) is 0 Å². The Morgan fingerprint density at radius 2 is 0.753 bits per heavy atom. The minimum atomic E-state index is -0.522. The maximum absolute atomic E-state index is 2.46. The summed E-state index contributed by atoms with van der Waals surface area (Å²) in [6.07, 6.45) is 0. The molecule has 0 saturated heterocycles. The van der Waals surface area contributed by atoms with Gasteiger partial charge in [0.25, 0.3) is 0 Å². The molecule has 0 bridgehead atoms. The van der Waals surface area contributed by atoms with Crippen LogP contribution in [0.3, 0.4) is 0 Å². The number of rotatable bonds is 9. The van der Waals surface area contributed by atoms with Gasteiger partial charge in [-0.15, -0.1) is 0 Å². The maximum Gasteiger partial charge on any atom is 0.0714 e. The van der Waals surface area contributed by atoms with Crippen molar-refractivity contribution in [1.29, 1.82) is 0 Å². The highest BCUT2D eigenvalue weighted by atomic mass is 15.1. The first-order valence-corrected chi connectivity index (χ1v) is 25.2. The summed E-state index contributed by atoms with van der Waals surface area (Å²) in [4.78, 5) is 2.43. The molecule has 1 aliphatic carbocycles. The lowest BCUT2D eigenvalue weighted by molar-refractivity contribution is 0.768. The molecule has 13 aromatic rings. The Morgan fingerprint density at radius 3 is 1.42 bits per heavy atom. The number of nitrogens with zero attached hydrogens (tertiary/aromatic N) is 2. The van der Waals surface area contributed by atoms with Gasteiger partial charge in [0.05, 0.1) is 16.4 Å². The fraction of sp³-hybridized carbons (Fsp3) is 0.0141. The van der Waals surface area contributed by atoms with Gasteiger partial charge in [-0.1, -0.05) is 224 Å². The van der Waals surface area contributed by atoms with Crippen LogP contribution in [0.2, 0.25) is 0 Å². The summed E-state index contributed by atoms with van der Waals surface area (Å²) in [6.45, 7) is 0. The van der Waals surface area contributed by atoms with E-state index in [-0.39, 0.29) is 0 Å². The van der Waals surface area contributed by atoms with Gasteiger partial charge in [0.2, 0.25) is 0 Å². The molecule has 1 aromatic heterocycles. The van der Waals surface area contributed by atoms with E-state index in [0.717, 1.165) is 22.7 Å². The van der Waals surface area contributed by atoms with E-state index in [0.29, 0.717) is 0 Å². The van der Waals surface area contributed by atoms with Crippen molar-refractivity contribution < 1.29 is 0 Å². The van der Waals surface area contributed by atoms with E-state index in [1.165, 1.54) is 99.3 Å². The fourth-order valence-electron chi connectivity index (χ4n) is 11.9. The lowest BCUT2D eigenvalue weighted by Gasteiger charge is -2.35. The van der Waals surface area contributed by atoms with Crippen LogP contribution in [0.15, 0.2) is 291 Å². The van der Waals surface area contributed by atoms with Crippen LogP contribution in [0, 0.1) is 0 Å². The largest absolute Gasteiger partial charge is 0.310 e. The summed E-state index contributed by atoms with van der Waals surface area (Å²) in [5.41, 5.74) is 21.0. The van der Waals surface area contributed by atoms with E-state index in [4.69, 9.17) is 0 Å². The molecule has 0 radical (unpaired) electrons. The Morgan fingerprint density at radius 1 is 0.274 bits per heavy atom. The molecule has 0 fully saturated rings. The normalized spacial score (nSPS) is 12.5. The molecule has 0 spiro atoms. The highest BCUT2D eigenvalue weighted by molar-refractivity contribution is 6.10. The first-order valence-electron chi connectivity index (χ1n) is 25.2. The Bertz CT molecular complexity index is 4120. The van der Waals surface area contributed by atoms with Gasteiger partial charge in [-0.2, -0.15) is 0 Å². The predicted molar refractivity (Wildman–Crippen MR) is 307 cm³/mol. The lowest BCUT2D eigenvalue weighted by Crippen LogP contribution is -2.28. The summed E-state index contributed by atoms with van der Waals surface area (Å²) < 4.78 is 2.41. The minimum Gasteiger partial charge on any atom is -0.310 e. The van der Waals surface area contributed by atoms with Crippen molar-refractivity contribution >= 4 is 49.6 Å². The van der Waals surface area contributed by atoms with E-state index in [9.17, 15) is 0 Å². The number of anilines is 3. The van der Waals surface area contributed by atoms with Gasteiger partial charge in [-0.05, 0) is 144 Å². The van der Waals surface area contributed by atoms with Gasteiger partial charge in [-0.3, -0.25) is 0 Å². The van der Waals surface area contributed by atoms with Crippen LogP contribution in [0.1, 0.15) is 22.3 Å². The van der Waals surface area contributed by atoms with Gasteiger partial charge < -0.3 is 9.47 Å². The molecule has 0 atom stereocenters. The third kappa shape index (κ3) is 7.02. The third-order valence-corrected chi connectivity index (χ3v) is 15.3. The van der Waals surface area contributed by atoms with Gasteiger partial charge in [-0.25, -0.2) is 0 Å². The average Bonchev–Trinajstić information content (AvgIpc) is 3.99. The summed E-state index contributed by atoms with van der Waals surface area (Å²) in [5, 5.41) is 4.96. The van der Waals surface area contributed by atoms with E-state index in [2.05, 4.69) is 301 Å². The predicted octanol–water partition coefficient (Wildman–Crippen LogP) is 18.8. The molecule has 0 aliphatic heterocycles. The molecule has 14 rings (SSSR count). The second-order valence-electron chi connectivity index (χ2n) is 19.2. The molecule has 0 N–H and O–H groups in total. The van der Waals surface area contributed by atoms with Gasteiger partial charge in [0.15, 0.2) is 0 Å². The molecule has 0 saturated carbocycles. The molecular weight excluding hydrogens is 881 g/mol. The van der Waals surface area contributed by atoms with E-state index >= 15 is 0 Å². The van der Waals surface area contributed by atoms with Crippen molar-refractivity contribution in [1.82, 2.24) is 4.57 Å². The zero-order valence-electron chi connectivity index (χ0n) is 40.1. The monoisotopic (exact) mass is 928 g/mol. The number of hydrogen-bond donors (Lipinski definition) is 0. The number of benzene rings is 12. The molecule has 0 unspecified atom stereocenters. The number of hydrogen-bond acceptors (Lipinski definition) is 1. The van der Waals surface area contributed by atoms with Crippen molar-refractivity contribution in [2.75, 3.05) is 4.90 Å². The van der Waals surface area contributed by atoms with Crippen LogP contribution in [0.25, 0.3) is 82.8 Å². The topological polar surface area (TPSA) is 8.17 Å². The number of para-hydroxylation sites is 1. The highest BCUT2D eigenvalue weighted by Gasteiger charge is 2.46. The molecule has 1 heterocycles. The molecule has 0 amide bonds. The van der Waals surface area contributed by atoms with Crippen molar-refractivity contribution in [3.63, 3.8) is 0 Å². The van der Waals surface area contributed by atoms with Crippen LogP contribution in [0.4, 0.5) is 17.1 Å². The van der Waals surface area contributed by atoms with Crippen LogP contribution in [-0.4, -0.2) is 4.57 Å². The van der Waals surface area contributed by atoms with Crippen molar-refractivity contribution in [3.8, 4) is 50.2 Å². The molecule has 2 heteroatoms. The summed E-state index contributed by atoms with van der Waals surface area (Å²) in [5.74, 6) is 0. The fourth-order valence-corrected chi connectivity index (χ4v) is 11.9. The summed E-state index contributed by atoms with van der Waals surface area (Å²) in [7, 11) is 0. The van der Waals surface area contributed by atoms with E-state index in [1.807, 2.05) is 0 Å². The van der Waals surface area contributed by atoms with Crippen molar-refractivity contribution in [2.45, 2.75) is 5.41 Å². The first-order chi connectivity index (χ1) is 36.2. The Kier molecular flexibility index (Phi) is 10.1. The smallest absolute Gasteiger partial charge is 0.0714 e. The zero-order valence-corrected chi connectivity index (χ0v) is 40.1. The van der Waals surface area contributed by atoms with E-state index < -0.39 is 5.41 Å². The Labute approximate surface area is 426 Å². The second-order valence-corrected chi connectivity index (χ2v) is 19.2. The SMILES string of the molecule is c1ccc(-c2ccc(-c3ccc(N(c4ccc(-c5ccc6c(c5)c5ccccc5n6-c5ccc6ccccc6c5)cc4)c4ccc5c(c4)C(c4ccccc4)(c4ccccc4)c4ccccc4-5)cc3)cc2)cc1. The second kappa shape index (κ2) is 17.4. The molecule has 1 aliphatic rings. The summed E-state index contributed by atoms with van der Waals surface area (Å²) >= 11 is 0. The standard InChI is InChI=1S/C71H48N2/c1-4-16-49(17-5-1)51-28-30-52(31-29-51)53-32-38-59(39-33-53)72(62-43-44-64-63-24-12-14-26-67(63)71(68(64)48-62,57-20-6-2-7-21-57)58-22-8-3-9-23-58)60-40-34-54(35-41-60)56-37-45-70-66(47-56)65-25-13-15-27-69(65)73(70)61-42-36-50-18-10-11-19-55(50)46-61/h1-48H. The van der Waals surface area contributed by atoms with Crippen LogP contribution < -0.4 is 4.90 Å². The third-order valence-electron chi connectivity index (χ3n) is 15.3. The highest BCUT2D eigenvalue weighted by Crippen LogP contribution is 2.57. The zero-order chi connectivity index (χ0) is 48.3. The van der Waals surface area contributed by atoms with Gasteiger partial charge in [0, 0.05) is 33.5 Å². The number of aromatic nitrogens is 1. The molecular formula is C71H48N2. The summed E-state index contributed by atoms with van der Waals surface area (Å²) in [6, 6.07) is 107. The molecule has 12 aromatic carbocycles. The average molecular weight is 929 g/mol. The maximum atomic E-state index is 2.46. The van der Waals surface area contributed by atoms with Crippen LogP contribution >= 0.6 is 0 Å². The Balaban J connectivity index is 0.895. The van der Waals surface area contributed by atoms with Gasteiger partial charge in [0.1, 0.15) is 0 Å². The van der Waals surface area contributed by atoms with Gasteiger partial charge >= 0.3 is 0 Å². The van der Waals surface area contributed by atoms with Crippen LogP contribution in [-0.2, 0) is 5.41 Å². The quantitative estimate of drug-likeness (QED) is 0.140. The lowest BCUT2D eigenvalue weighted by atomic mass is 9.67. The van der Waals surface area contributed by atoms with Crippen LogP contribution in [0.5, 0.6) is 0 Å². The molecule has 73 heavy (non-hydrogen) atoms. The minimum absolute atomic E-state index is 0.522. The molecule has 2 nitrogen and oxygen atoms in total. The van der Waals surface area contributed by atoms with Crippen molar-refractivity contribution in [2.24, 2.45) is 0 Å². The van der Waals surface area contributed by atoms with Crippen molar-refractivity contribution in [3.05, 3.63) is 313 Å². The molecule has 342 valence electrons.